The zero-order valence-corrected chi connectivity index (χ0v) is 16.9. The van der Waals surface area contributed by atoms with Crippen LogP contribution < -0.4 is 0 Å². The van der Waals surface area contributed by atoms with Gasteiger partial charge in [-0.3, -0.25) is 4.79 Å². The molecule has 0 aliphatic carbocycles. The third-order valence-corrected chi connectivity index (χ3v) is 4.82. The summed E-state index contributed by atoms with van der Waals surface area (Å²) in [7, 11) is 0. The highest BCUT2D eigenvalue weighted by atomic mass is 16.5. The Bertz CT molecular complexity index is 1150. The van der Waals surface area contributed by atoms with Gasteiger partial charge in [-0.25, -0.2) is 9.50 Å². The van der Waals surface area contributed by atoms with Crippen molar-refractivity contribution in [3.63, 3.8) is 0 Å². The van der Waals surface area contributed by atoms with E-state index in [1.807, 2.05) is 44.2 Å². The average molecular weight is 406 g/mol. The minimum Gasteiger partial charge on any atom is -0.466 e. The number of hydrogen-bond acceptors (Lipinski definition) is 8. The van der Waals surface area contributed by atoms with Crippen LogP contribution in [0.15, 0.2) is 36.7 Å². The molecule has 0 aliphatic heterocycles. The SMILES string of the molecule is Cc1nc2ncnn2c(C)c1CCC(=O)OCCCn1nnc(-c2ccccc2)n1. The van der Waals surface area contributed by atoms with E-state index in [1.165, 1.54) is 11.1 Å². The standard InChI is InChI=1S/C20H22N8O2/c1-14-17(15(2)28-20(23-14)21-13-22-28)9-10-18(29)30-12-6-11-27-25-19(24-26-27)16-7-4-3-5-8-16/h3-5,7-8,13H,6,9-12H2,1-2H3. The summed E-state index contributed by atoms with van der Waals surface area (Å²) in [5, 5.41) is 16.6. The molecule has 10 heteroatoms. The first-order valence-corrected chi connectivity index (χ1v) is 9.76. The highest BCUT2D eigenvalue weighted by molar-refractivity contribution is 5.69. The number of carbonyl (C=O) groups is 1. The topological polar surface area (TPSA) is 113 Å². The van der Waals surface area contributed by atoms with Gasteiger partial charge in [-0.05, 0) is 31.0 Å². The smallest absolute Gasteiger partial charge is 0.306 e. The van der Waals surface area contributed by atoms with Crippen molar-refractivity contribution in [2.24, 2.45) is 0 Å². The number of nitrogens with zero attached hydrogens (tertiary/aromatic N) is 8. The maximum absolute atomic E-state index is 12.1. The number of ether oxygens (including phenoxy) is 1. The lowest BCUT2D eigenvalue weighted by Crippen LogP contribution is -2.12. The minimum absolute atomic E-state index is 0.246. The van der Waals surface area contributed by atoms with Crippen LogP contribution in [0.1, 0.15) is 29.8 Å². The number of esters is 1. The van der Waals surface area contributed by atoms with Gasteiger partial charge in [-0.1, -0.05) is 30.3 Å². The second-order valence-electron chi connectivity index (χ2n) is 6.88. The maximum Gasteiger partial charge on any atom is 0.306 e. The number of tetrazole rings is 1. The maximum atomic E-state index is 12.1. The summed E-state index contributed by atoms with van der Waals surface area (Å²) in [4.78, 5) is 22.2. The molecule has 4 rings (SSSR count). The Hall–Kier alpha value is -3.69. The molecule has 3 heterocycles. The summed E-state index contributed by atoms with van der Waals surface area (Å²) < 4.78 is 7.03. The Labute approximate surface area is 172 Å². The number of aromatic nitrogens is 8. The van der Waals surface area contributed by atoms with E-state index in [9.17, 15) is 4.79 Å². The summed E-state index contributed by atoms with van der Waals surface area (Å²) >= 11 is 0. The van der Waals surface area contributed by atoms with Gasteiger partial charge < -0.3 is 4.74 Å². The van der Waals surface area contributed by atoms with Crippen LogP contribution in [0, 0.1) is 13.8 Å². The summed E-state index contributed by atoms with van der Waals surface area (Å²) in [6, 6.07) is 9.66. The molecular formula is C20H22N8O2. The van der Waals surface area contributed by atoms with Crippen molar-refractivity contribution in [1.82, 2.24) is 39.8 Å². The van der Waals surface area contributed by atoms with E-state index in [-0.39, 0.29) is 12.4 Å². The first-order valence-electron chi connectivity index (χ1n) is 9.76. The Morgan fingerprint density at radius 2 is 2.00 bits per heavy atom. The van der Waals surface area contributed by atoms with Crippen LogP contribution in [0.2, 0.25) is 0 Å². The van der Waals surface area contributed by atoms with Crippen molar-refractivity contribution >= 4 is 11.7 Å². The predicted octanol–water partition coefficient (Wildman–Crippen LogP) is 1.96. The van der Waals surface area contributed by atoms with Crippen LogP contribution in [0.3, 0.4) is 0 Å². The molecule has 0 amide bonds. The molecule has 0 bridgehead atoms. The molecule has 0 saturated carbocycles. The van der Waals surface area contributed by atoms with E-state index < -0.39 is 0 Å². The van der Waals surface area contributed by atoms with Gasteiger partial charge in [-0.2, -0.15) is 14.9 Å². The monoisotopic (exact) mass is 406 g/mol. The molecule has 0 N–H and O–H groups in total. The van der Waals surface area contributed by atoms with Crippen molar-refractivity contribution in [3.8, 4) is 11.4 Å². The van der Waals surface area contributed by atoms with Gasteiger partial charge in [0.2, 0.25) is 5.82 Å². The average Bonchev–Trinajstić information content (AvgIpc) is 3.41. The first-order chi connectivity index (χ1) is 14.6. The number of fused-ring (bicyclic) bond motifs is 1. The lowest BCUT2D eigenvalue weighted by Gasteiger charge is -2.10. The van der Waals surface area contributed by atoms with Crippen molar-refractivity contribution in [2.45, 2.75) is 39.7 Å². The Morgan fingerprint density at radius 3 is 2.83 bits per heavy atom. The van der Waals surface area contributed by atoms with Crippen LogP contribution in [0.25, 0.3) is 17.2 Å². The van der Waals surface area contributed by atoms with Crippen LogP contribution >= 0.6 is 0 Å². The molecule has 4 aromatic rings. The van der Waals surface area contributed by atoms with Gasteiger partial charge in [-0.15, -0.1) is 10.2 Å². The molecule has 154 valence electrons. The van der Waals surface area contributed by atoms with E-state index >= 15 is 0 Å². The van der Waals surface area contributed by atoms with Crippen molar-refractivity contribution in [2.75, 3.05) is 6.61 Å². The normalized spacial score (nSPS) is 11.1. The molecule has 0 radical (unpaired) electrons. The molecule has 0 spiro atoms. The molecular weight excluding hydrogens is 384 g/mol. The highest BCUT2D eigenvalue weighted by Gasteiger charge is 2.13. The fourth-order valence-electron chi connectivity index (χ4n) is 3.25. The molecule has 0 aliphatic rings. The molecule has 1 aromatic carbocycles. The van der Waals surface area contributed by atoms with Gasteiger partial charge in [0.05, 0.1) is 13.2 Å². The Balaban J connectivity index is 1.23. The fourth-order valence-corrected chi connectivity index (χ4v) is 3.25. The van der Waals surface area contributed by atoms with E-state index in [0.29, 0.717) is 37.6 Å². The number of benzene rings is 1. The van der Waals surface area contributed by atoms with Crippen LogP contribution in [0.5, 0.6) is 0 Å². The summed E-state index contributed by atoms with van der Waals surface area (Å²) in [5.41, 5.74) is 3.70. The van der Waals surface area contributed by atoms with Gasteiger partial charge in [0, 0.05) is 29.8 Å². The lowest BCUT2D eigenvalue weighted by atomic mass is 10.1. The quantitative estimate of drug-likeness (QED) is 0.322. The van der Waals surface area contributed by atoms with Crippen molar-refractivity contribution < 1.29 is 9.53 Å². The molecule has 3 aromatic heterocycles. The van der Waals surface area contributed by atoms with Gasteiger partial charge in [0.15, 0.2) is 0 Å². The zero-order valence-electron chi connectivity index (χ0n) is 16.9. The summed E-state index contributed by atoms with van der Waals surface area (Å²) in [5.74, 6) is 0.897. The van der Waals surface area contributed by atoms with E-state index in [4.69, 9.17) is 4.74 Å². The van der Waals surface area contributed by atoms with Crippen LogP contribution in [-0.2, 0) is 22.5 Å². The molecule has 10 nitrogen and oxygen atoms in total. The Kier molecular flexibility index (Phi) is 5.73. The van der Waals surface area contributed by atoms with E-state index in [1.54, 1.807) is 4.52 Å². The third kappa shape index (κ3) is 4.32. The van der Waals surface area contributed by atoms with E-state index in [2.05, 4.69) is 30.5 Å². The number of rotatable bonds is 8. The predicted molar refractivity (Wildman–Crippen MR) is 107 cm³/mol. The number of carbonyl (C=O) groups excluding carboxylic acids is 1. The number of hydrogen-bond donors (Lipinski definition) is 0. The van der Waals surface area contributed by atoms with E-state index in [0.717, 1.165) is 22.5 Å². The van der Waals surface area contributed by atoms with Gasteiger partial charge in [0.25, 0.3) is 5.78 Å². The van der Waals surface area contributed by atoms with Gasteiger partial charge >= 0.3 is 5.97 Å². The first kappa shape index (κ1) is 19.6. The second-order valence-corrected chi connectivity index (χ2v) is 6.88. The molecule has 0 saturated heterocycles. The zero-order chi connectivity index (χ0) is 20.9. The number of aryl methyl sites for hydroxylation is 3. The molecule has 30 heavy (non-hydrogen) atoms. The summed E-state index contributed by atoms with van der Waals surface area (Å²) in [6.45, 7) is 4.70. The lowest BCUT2D eigenvalue weighted by molar-refractivity contribution is -0.143. The minimum atomic E-state index is -0.246. The van der Waals surface area contributed by atoms with Crippen LogP contribution in [0.4, 0.5) is 0 Å². The summed E-state index contributed by atoms with van der Waals surface area (Å²) in [6.07, 6.45) is 2.91. The third-order valence-electron chi connectivity index (χ3n) is 4.82. The highest BCUT2D eigenvalue weighted by Crippen LogP contribution is 2.15. The van der Waals surface area contributed by atoms with Crippen LogP contribution in [-0.4, -0.2) is 52.4 Å². The fraction of sp³-hybridized carbons (Fsp3) is 0.350. The molecule has 0 fully saturated rings. The van der Waals surface area contributed by atoms with Crippen molar-refractivity contribution in [1.29, 1.82) is 0 Å². The molecule has 0 unspecified atom stereocenters. The largest absolute Gasteiger partial charge is 0.466 e. The van der Waals surface area contributed by atoms with Gasteiger partial charge in [0.1, 0.15) is 6.33 Å². The Morgan fingerprint density at radius 1 is 1.17 bits per heavy atom. The second kappa shape index (κ2) is 8.76. The van der Waals surface area contributed by atoms with Crippen molar-refractivity contribution in [3.05, 3.63) is 53.6 Å². The molecule has 0 atom stereocenters.